The molecule has 1 aliphatic heterocycles. The van der Waals surface area contributed by atoms with Crippen molar-refractivity contribution in [2.45, 2.75) is 51.9 Å². The van der Waals surface area contributed by atoms with E-state index in [2.05, 4.69) is 23.8 Å². The first-order valence-corrected chi connectivity index (χ1v) is 6.74. The summed E-state index contributed by atoms with van der Waals surface area (Å²) in [5, 5.41) is 0. The van der Waals surface area contributed by atoms with Gasteiger partial charge in [0.25, 0.3) is 0 Å². The molecule has 0 radical (unpaired) electrons. The largest absolute Gasteiger partial charge is 0.292 e. The van der Waals surface area contributed by atoms with Crippen molar-refractivity contribution in [2.75, 3.05) is 33.4 Å². The minimum Gasteiger partial charge on any atom is -0.292 e. The third-order valence-corrected chi connectivity index (χ3v) is 3.32. The molecular weight excluding hydrogens is 184 g/mol. The van der Waals surface area contributed by atoms with Gasteiger partial charge in [0, 0.05) is 13.1 Å². The third kappa shape index (κ3) is 6.16. The number of rotatable bonds is 8. The first-order chi connectivity index (χ1) is 7.33. The molecule has 0 bridgehead atoms. The van der Waals surface area contributed by atoms with Crippen LogP contribution in [0.25, 0.3) is 0 Å². The SMILES string of the molecule is CCCCCCCCCN1CCN(C)C1. The van der Waals surface area contributed by atoms with Crippen LogP contribution in [0.5, 0.6) is 0 Å². The Hall–Kier alpha value is -0.0800. The van der Waals surface area contributed by atoms with Gasteiger partial charge in [-0.2, -0.15) is 0 Å². The normalized spacial score (nSPS) is 18.8. The molecule has 1 fully saturated rings. The molecule has 0 aliphatic carbocycles. The van der Waals surface area contributed by atoms with E-state index in [0.29, 0.717) is 0 Å². The maximum atomic E-state index is 2.58. The minimum atomic E-state index is 1.19. The van der Waals surface area contributed by atoms with E-state index in [9.17, 15) is 0 Å². The molecule has 1 heterocycles. The summed E-state index contributed by atoms with van der Waals surface area (Å²) < 4.78 is 0. The van der Waals surface area contributed by atoms with Crippen molar-refractivity contribution in [1.82, 2.24) is 9.80 Å². The number of hydrogen-bond acceptors (Lipinski definition) is 2. The smallest absolute Gasteiger partial charge is 0.0504 e. The van der Waals surface area contributed by atoms with Gasteiger partial charge in [0.15, 0.2) is 0 Å². The Bertz CT molecular complexity index is 147. The second-order valence-corrected chi connectivity index (χ2v) is 4.96. The molecule has 0 atom stereocenters. The second kappa shape index (κ2) is 8.12. The van der Waals surface area contributed by atoms with Crippen LogP contribution in [0.4, 0.5) is 0 Å². The monoisotopic (exact) mass is 212 g/mol. The summed E-state index contributed by atoms with van der Waals surface area (Å²) in [6.07, 6.45) is 9.97. The van der Waals surface area contributed by atoms with Crippen molar-refractivity contribution in [3.63, 3.8) is 0 Å². The van der Waals surface area contributed by atoms with Crippen LogP contribution in [-0.4, -0.2) is 43.2 Å². The Morgan fingerprint density at radius 2 is 1.53 bits per heavy atom. The minimum absolute atomic E-state index is 1.19. The van der Waals surface area contributed by atoms with Gasteiger partial charge in [-0.3, -0.25) is 9.80 Å². The van der Waals surface area contributed by atoms with E-state index in [1.54, 1.807) is 0 Å². The molecule has 2 nitrogen and oxygen atoms in total. The van der Waals surface area contributed by atoms with E-state index in [1.165, 1.54) is 71.2 Å². The van der Waals surface area contributed by atoms with Crippen LogP contribution in [0.15, 0.2) is 0 Å². The van der Waals surface area contributed by atoms with Gasteiger partial charge in [-0.1, -0.05) is 45.4 Å². The average molecular weight is 212 g/mol. The summed E-state index contributed by atoms with van der Waals surface area (Å²) in [5.41, 5.74) is 0. The van der Waals surface area contributed by atoms with Crippen LogP contribution in [0, 0.1) is 0 Å². The number of hydrogen-bond donors (Lipinski definition) is 0. The highest BCUT2D eigenvalue weighted by Gasteiger charge is 2.14. The predicted molar refractivity (Wildman–Crippen MR) is 67.1 cm³/mol. The van der Waals surface area contributed by atoms with E-state index < -0.39 is 0 Å². The molecule has 0 N–H and O–H groups in total. The number of likely N-dealkylation sites (N-methyl/N-ethyl adjacent to an activating group) is 1. The Kier molecular flexibility index (Phi) is 7.03. The lowest BCUT2D eigenvalue weighted by Crippen LogP contribution is -2.24. The van der Waals surface area contributed by atoms with Crippen LogP contribution in [0.1, 0.15) is 51.9 Å². The predicted octanol–water partition coefficient (Wildman–Crippen LogP) is 2.94. The first kappa shape index (κ1) is 13.0. The summed E-state index contributed by atoms with van der Waals surface area (Å²) in [6, 6.07) is 0. The van der Waals surface area contributed by atoms with E-state index in [1.807, 2.05) is 0 Å². The summed E-state index contributed by atoms with van der Waals surface area (Å²) >= 11 is 0. The molecule has 0 aromatic heterocycles. The van der Waals surface area contributed by atoms with E-state index in [4.69, 9.17) is 0 Å². The molecule has 0 aromatic carbocycles. The molecule has 1 rings (SSSR count). The van der Waals surface area contributed by atoms with Gasteiger partial charge in [-0.05, 0) is 20.0 Å². The van der Waals surface area contributed by atoms with Gasteiger partial charge in [-0.15, -0.1) is 0 Å². The first-order valence-electron chi connectivity index (χ1n) is 6.74. The van der Waals surface area contributed by atoms with Gasteiger partial charge in [0.2, 0.25) is 0 Å². The van der Waals surface area contributed by atoms with Crippen molar-refractivity contribution >= 4 is 0 Å². The second-order valence-electron chi connectivity index (χ2n) is 4.96. The fourth-order valence-corrected chi connectivity index (χ4v) is 2.27. The van der Waals surface area contributed by atoms with Gasteiger partial charge in [0.05, 0.1) is 6.67 Å². The molecule has 15 heavy (non-hydrogen) atoms. The number of nitrogens with zero attached hydrogens (tertiary/aromatic N) is 2. The van der Waals surface area contributed by atoms with Crippen molar-refractivity contribution in [1.29, 1.82) is 0 Å². The lowest BCUT2D eigenvalue weighted by Gasteiger charge is -2.14. The van der Waals surface area contributed by atoms with Crippen LogP contribution in [-0.2, 0) is 0 Å². The van der Waals surface area contributed by atoms with Gasteiger partial charge < -0.3 is 0 Å². The summed E-state index contributed by atoms with van der Waals surface area (Å²) in [5.74, 6) is 0. The maximum Gasteiger partial charge on any atom is 0.0504 e. The van der Waals surface area contributed by atoms with Crippen LogP contribution in [0.3, 0.4) is 0 Å². The fraction of sp³-hybridized carbons (Fsp3) is 1.00. The molecule has 0 saturated carbocycles. The average Bonchev–Trinajstić information content (AvgIpc) is 2.63. The Labute approximate surface area is 95.6 Å². The Morgan fingerprint density at radius 1 is 0.867 bits per heavy atom. The molecule has 0 unspecified atom stereocenters. The summed E-state index contributed by atoms with van der Waals surface area (Å²) in [6.45, 7) is 7.33. The van der Waals surface area contributed by atoms with E-state index in [-0.39, 0.29) is 0 Å². The van der Waals surface area contributed by atoms with Crippen LogP contribution >= 0.6 is 0 Å². The number of unbranched alkanes of at least 4 members (excludes halogenated alkanes) is 6. The van der Waals surface area contributed by atoms with E-state index in [0.717, 1.165) is 0 Å². The van der Waals surface area contributed by atoms with Crippen LogP contribution < -0.4 is 0 Å². The van der Waals surface area contributed by atoms with E-state index >= 15 is 0 Å². The Morgan fingerprint density at radius 3 is 2.13 bits per heavy atom. The zero-order chi connectivity index (χ0) is 10.9. The third-order valence-electron chi connectivity index (χ3n) is 3.32. The van der Waals surface area contributed by atoms with Crippen molar-refractivity contribution < 1.29 is 0 Å². The van der Waals surface area contributed by atoms with Gasteiger partial charge in [0.1, 0.15) is 0 Å². The zero-order valence-electron chi connectivity index (χ0n) is 10.7. The molecule has 90 valence electrons. The molecule has 1 saturated heterocycles. The maximum absolute atomic E-state index is 2.58. The lowest BCUT2D eigenvalue weighted by molar-refractivity contribution is 0.269. The quantitative estimate of drug-likeness (QED) is 0.571. The highest BCUT2D eigenvalue weighted by Crippen LogP contribution is 2.09. The molecular formula is C13H28N2. The topological polar surface area (TPSA) is 6.48 Å². The summed E-state index contributed by atoms with van der Waals surface area (Å²) in [7, 11) is 2.21. The molecule has 1 aliphatic rings. The Balaban J connectivity index is 1.81. The highest BCUT2D eigenvalue weighted by molar-refractivity contribution is 4.67. The molecule has 0 spiro atoms. The molecule has 0 aromatic rings. The highest BCUT2D eigenvalue weighted by atomic mass is 15.4. The summed E-state index contributed by atoms with van der Waals surface area (Å²) in [4.78, 5) is 4.98. The van der Waals surface area contributed by atoms with Crippen molar-refractivity contribution in [3.8, 4) is 0 Å². The zero-order valence-corrected chi connectivity index (χ0v) is 10.7. The fourth-order valence-electron chi connectivity index (χ4n) is 2.27. The van der Waals surface area contributed by atoms with Crippen LogP contribution in [0.2, 0.25) is 0 Å². The standard InChI is InChI=1S/C13H28N2/c1-3-4-5-6-7-8-9-10-15-12-11-14(2)13-15/h3-13H2,1-2H3. The van der Waals surface area contributed by atoms with Crippen molar-refractivity contribution in [2.24, 2.45) is 0 Å². The van der Waals surface area contributed by atoms with Crippen molar-refractivity contribution in [3.05, 3.63) is 0 Å². The van der Waals surface area contributed by atoms with Gasteiger partial charge in [-0.25, -0.2) is 0 Å². The molecule has 0 amide bonds. The lowest BCUT2D eigenvalue weighted by atomic mass is 10.1. The molecule has 2 heteroatoms. The van der Waals surface area contributed by atoms with Gasteiger partial charge >= 0.3 is 0 Å².